The van der Waals surface area contributed by atoms with Crippen LogP contribution in [0.4, 0.5) is 4.79 Å². The average Bonchev–Trinajstić information content (AvgIpc) is 2.48. The number of ether oxygens (including phenoxy) is 1. The molecule has 1 amide bonds. The van der Waals surface area contributed by atoms with E-state index < -0.39 is 5.60 Å². The molecule has 4 heteroatoms. The fraction of sp³-hybridized carbons (Fsp3) is 0.611. The third-order valence-electron chi connectivity index (χ3n) is 4.05. The van der Waals surface area contributed by atoms with Crippen molar-refractivity contribution < 1.29 is 9.53 Å². The molecular formula is C18H28N2O2. The number of alkyl carbamates (subject to hydrolysis) is 1. The zero-order chi connectivity index (χ0) is 16.0. The highest BCUT2D eigenvalue weighted by atomic mass is 16.6. The van der Waals surface area contributed by atoms with Gasteiger partial charge < -0.3 is 15.4 Å². The highest BCUT2D eigenvalue weighted by Crippen LogP contribution is 2.30. The predicted molar refractivity (Wildman–Crippen MR) is 89.0 cm³/mol. The molecule has 0 radical (unpaired) electrons. The largest absolute Gasteiger partial charge is 0.444 e. The smallest absolute Gasteiger partial charge is 0.407 e. The van der Waals surface area contributed by atoms with Crippen LogP contribution in [0.1, 0.15) is 45.1 Å². The van der Waals surface area contributed by atoms with Crippen LogP contribution in [-0.2, 0) is 4.74 Å². The van der Waals surface area contributed by atoms with E-state index in [0.29, 0.717) is 18.4 Å². The zero-order valence-corrected chi connectivity index (χ0v) is 13.9. The summed E-state index contributed by atoms with van der Waals surface area (Å²) in [6.07, 6.45) is 1.97. The molecule has 1 aromatic rings. The van der Waals surface area contributed by atoms with Gasteiger partial charge in [0.05, 0.1) is 0 Å². The molecule has 1 fully saturated rings. The van der Waals surface area contributed by atoms with Crippen molar-refractivity contribution in [3.05, 3.63) is 35.9 Å². The third-order valence-corrected chi connectivity index (χ3v) is 4.05. The molecule has 1 atom stereocenters. The Morgan fingerprint density at radius 3 is 2.50 bits per heavy atom. The quantitative estimate of drug-likeness (QED) is 0.897. The molecule has 1 heterocycles. The predicted octanol–water partition coefficient (Wildman–Crippen LogP) is 3.29. The van der Waals surface area contributed by atoms with Gasteiger partial charge in [-0.05, 0) is 58.2 Å². The zero-order valence-electron chi connectivity index (χ0n) is 13.9. The number of carbonyl (C=O) groups is 1. The summed E-state index contributed by atoms with van der Waals surface area (Å²) in [5.74, 6) is 0.939. The molecule has 4 nitrogen and oxygen atoms in total. The van der Waals surface area contributed by atoms with Crippen LogP contribution in [0.3, 0.4) is 0 Å². The molecule has 1 aromatic carbocycles. The van der Waals surface area contributed by atoms with Crippen LogP contribution < -0.4 is 10.6 Å². The first-order chi connectivity index (χ1) is 10.5. The fourth-order valence-corrected chi connectivity index (χ4v) is 3.01. The van der Waals surface area contributed by atoms with Crippen LogP contribution in [0, 0.1) is 5.92 Å². The van der Waals surface area contributed by atoms with Crippen LogP contribution in [0.15, 0.2) is 30.3 Å². The number of piperidine rings is 1. The summed E-state index contributed by atoms with van der Waals surface area (Å²) in [4.78, 5) is 11.9. The number of hydrogen-bond acceptors (Lipinski definition) is 3. The van der Waals surface area contributed by atoms with Gasteiger partial charge in [0.25, 0.3) is 0 Å². The summed E-state index contributed by atoms with van der Waals surface area (Å²) in [5, 5.41) is 6.36. The molecule has 1 unspecified atom stereocenters. The lowest BCUT2D eigenvalue weighted by Crippen LogP contribution is -2.38. The molecule has 1 aliphatic heterocycles. The molecule has 1 saturated heterocycles. The van der Waals surface area contributed by atoms with Gasteiger partial charge in [0.2, 0.25) is 0 Å². The van der Waals surface area contributed by atoms with Gasteiger partial charge in [-0.25, -0.2) is 4.79 Å². The molecule has 2 rings (SSSR count). The molecule has 0 spiro atoms. The number of nitrogens with one attached hydrogen (secondary N) is 2. The van der Waals surface area contributed by atoms with E-state index >= 15 is 0 Å². The first kappa shape index (κ1) is 16.8. The SMILES string of the molecule is CC(C)(C)OC(=O)NCC(c1ccccc1)C1CCNCC1. The molecule has 2 N–H and O–H groups in total. The standard InChI is InChI=1S/C18H28N2O2/c1-18(2,3)22-17(21)20-13-16(14-7-5-4-6-8-14)15-9-11-19-12-10-15/h4-8,15-16,19H,9-13H2,1-3H3,(H,20,21). The molecule has 0 saturated carbocycles. The van der Waals surface area contributed by atoms with Gasteiger partial charge in [0, 0.05) is 12.5 Å². The van der Waals surface area contributed by atoms with Crippen LogP contribution >= 0.6 is 0 Å². The van der Waals surface area contributed by atoms with E-state index in [2.05, 4.69) is 34.9 Å². The minimum atomic E-state index is -0.457. The minimum absolute atomic E-state index is 0.331. The fourth-order valence-electron chi connectivity index (χ4n) is 3.01. The first-order valence-corrected chi connectivity index (χ1v) is 8.18. The normalized spacial score (nSPS) is 17.8. The Morgan fingerprint density at radius 2 is 1.91 bits per heavy atom. The number of benzene rings is 1. The number of amides is 1. The highest BCUT2D eigenvalue weighted by Gasteiger charge is 2.26. The van der Waals surface area contributed by atoms with Crippen molar-refractivity contribution in [2.75, 3.05) is 19.6 Å². The second-order valence-corrected chi connectivity index (χ2v) is 6.99. The van der Waals surface area contributed by atoms with Crippen molar-refractivity contribution in [3.63, 3.8) is 0 Å². The monoisotopic (exact) mass is 304 g/mol. The van der Waals surface area contributed by atoms with Gasteiger partial charge in [-0.3, -0.25) is 0 Å². The van der Waals surface area contributed by atoms with E-state index in [4.69, 9.17) is 4.74 Å². The Hall–Kier alpha value is -1.55. The van der Waals surface area contributed by atoms with Gasteiger partial charge in [-0.2, -0.15) is 0 Å². The second kappa shape index (κ2) is 7.63. The van der Waals surface area contributed by atoms with Crippen LogP contribution in [0.25, 0.3) is 0 Å². The maximum Gasteiger partial charge on any atom is 0.407 e. The Kier molecular flexibility index (Phi) is 5.83. The summed E-state index contributed by atoms with van der Waals surface area (Å²) in [5.41, 5.74) is 0.839. The summed E-state index contributed by atoms with van der Waals surface area (Å²) >= 11 is 0. The van der Waals surface area contributed by atoms with Crippen molar-refractivity contribution in [2.24, 2.45) is 5.92 Å². The number of hydrogen-bond donors (Lipinski definition) is 2. The number of carbonyl (C=O) groups excluding carboxylic acids is 1. The van der Waals surface area contributed by atoms with Crippen LogP contribution in [0.5, 0.6) is 0 Å². The van der Waals surface area contributed by atoms with Gasteiger partial charge in [0.1, 0.15) is 5.60 Å². The highest BCUT2D eigenvalue weighted by molar-refractivity contribution is 5.67. The van der Waals surface area contributed by atoms with Crippen molar-refractivity contribution in [2.45, 2.75) is 45.1 Å². The van der Waals surface area contributed by atoms with Crippen molar-refractivity contribution in [1.82, 2.24) is 10.6 Å². The lowest BCUT2D eigenvalue weighted by Gasteiger charge is -2.31. The van der Waals surface area contributed by atoms with E-state index in [-0.39, 0.29) is 6.09 Å². The van der Waals surface area contributed by atoms with E-state index in [9.17, 15) is 4.79 Å². The summed E-state index contributed by atoms with van der Waals surface area (Å²) in [7, 11) is 0. The van der Waals surface area contributed by atoms with E-state index in [0.717, 1.165) is 25.9 Å². The van der Waals surface area contributed by atoms with Crippen LogP contribution in [-0.4, -0.2) is 31.3 Å². The summed E-state index contributed by atoms with van der Waals surface area (Å²) in [6, 6.07) is 10.5. The second-order valence-electron chi connectivity index (χ2n) is 6.99. The molecule has 0 aromatic heterocycles. The average molecular weight is 304 g/mol. The molecule has 22 heavy (non-hydrogen) atoms. The van der Waals surface area contributed by atoms with Gasteiger partial charge >= 0.3 is 6.09 Å². The molecule has 122 valence electrons. The maximum absolute atomic E-state index is 11.9. The molecule has 0 aliphatic carbocycles. The molecular weight excluding hydrogens is 276 g/mol. The maximum atomic E-state index is 11.9. The Balaban J connectivity index is 2.00. The third kappa shape index (κ3) is 5.34. The molecule has 0 bridgehead atoms. The van der Waals surface area contributed by atoms with Gasteiger partial charge in [0.15, 0.2) is 0 Å². The van der Waals surface area contributed by atoms with Gasteiger partial charge in [-0.1, -0.05) is 30.3 Å². The first-order valence-electron chi connectivity index (χ1n) is 8.18. The Labute approximate surface area is 133 Å². The lowest BCUT2D eigenvalue weighted by molar-refractivity contribution is 0.0519. The topological polar surface area (TPSA) is 50.4 Å². The Morgan fingerprint density at radius 1 is 1.27 bits per heavy atom. The van der Waals surface area contributed by atoms with Crippen molar-refractivity contribution in [3.8, 4) is 0 Å². The lowest BCUT2D eigenvalue weighted by atomic mass is 9.80. The summed E-state index contributed by atoms with van der Waals surface area (Å²) < 4.78 is 5.35. The summed E-state index contributed by atoms with van der Waals surface area (Å²) in [6.45, 7) is 8.39. The van der Waals surface area contributed by atoms with Crippen molar-refractivity contribution in [1.29, 1.82) is 0 Å². The van der Waals surface area contributed by atoms with Crippen molar-refractivity contribution >= 4 is 6.09 Å². The minimum Gasteiger partial charge on any atom is -0.444 e. The van der Waals surface area contributed by atoms with Crippen LogP contribution in [0.2, 0.25) is 0 Å². The van der Waals surface area contributed by atoms with E-state index in [1.165, 1.54) is 5.56 Å². The molecule has 1 aliphatic rings. The van der Waals surface area contributed by atoms with E-state index in [1.54, 1.807) is 0 Å². The van der Waals surface area contributed by atoms with E-state index in [1.807, 2.05) is 26.8 Å². The Bertz CT molecular complexity index is 462. The van der Waals surface area contributed by atoms with Gasteiger partial charge in [-0.15, -0.1) is 0 Å². The number of rotatable bonds is 4.